The molecule has 0 fully saturated rings. The summed E-state index contributed by atoms with van der Waals surface area (Å²) in [6.45, 7) is 12.8. The van der Waals surface area contributed by atoms with Crippen molar-refractivity contribution in [2.75, 3.05) is 13.7 Å². The van der Waals surface area contributed by atoms with Gasteiger partial charge in [0, 0.05) is 11.1 Å². The van der Waals surface area contributed by atoms with Gasteiger partial charge in [0.15, 0.2) is 17.3 Å². The van der Waals surface area contributed by atoms with E-state index in [4.69, 9.17) is 24.3 Å². The average molecular weight is 646 g/mol. The number of methoxy groups -OCH3 is 1. The number of aromatic nitrogens is 2. The second kappa shape index (κ2) is 14.8. The van der Waals surface area contributed by atoms with Crippen LogP contribution in [0.3, 0.4) is 0 Å². The molecule has 0 aliphatic carbocycles. The van der Waals surface area contributed by atoms with Crippen molar-refractivity contribution in [3.63, 3.8) is 0 Å². The molecule has 0 spiro atoms. The van der Waals surface area contributed by atoms with Gasteiger partial charge in [-0.1, -0.05) is 44.2 Å². The van der Waals surface area contributed by atoms with E-state index < -0.39 is 5.97 Å². The first kappa shape index (κ1) is 33.7. The topological polar surface area (TPSA) is 112 Å². The number of ether oxygens (including phenoxy) is 3. The fourth-order valence-electron chi connectivity index (χ4n) is 5.48. The van der Waals surface area contributed by atoms with Crippen molar-refractivity contribution in [1.82, 2.24) is 9.66 Å². The van der Waals surface area contributed by atoms with E-state index in [0.717, 1.165) is 33.6 Å². The van der Waals surface area contributed by atoms with Gasteiger partial charge in [-0.25, -0.2) is 9.78 Å². The maximum absolute atomic E-state index is 14.0. The van der Waals surface area contributed by atoms with Crippen LogP contribution in [0.5, 0.6) is 17.2 Å². The first-order valence-electron chi connectivity index (χ1n) is 15.8. The standard InChI is InChI=1S/C39H39N3O6/c1-7-11-29-19-27(20-35(46-6)36(29)48-23-26-14-16-28(17-15-26)39(44)45)22-40-42-37(41-33-13-10-9-12-30(33)38(42)43)32-21-31(24(3)4)34(47-8-2)18-25(32)5/h7,9-10,12-22,24H,1,8,11,23H2,2-6H3,(H,44,45). The number of nitrogens with zero attached hydrogens (tertiary/aromatic N) is 3. The number of carbonyl (C=O) groups is 1. The number of aromatic carboxylic acids is 1. The molecule has 0 atom stereocenters. The van der Waals surface area contributed by atoms with E-state index in [1.54, 1.807) is 55.8 Å². The molecule has 0 aliphatic heterocycles. The van der Waals surface area contributed by atoms with Gasteiger partial charge in [-0.2, -0.15) is 9.78 Å². The summed E-state index contributed by atoms with van der Waals surface area (Å²) in [5, 5.41) is 14.4. The minimum atomic E-state index is -0.988. The zero-order valence-electron chi connectivity index (χ0n) is 27.8. The lowest BCUT2D eigenvalue weighted by atomic mass is 9.96. The lowest BCUT2D eigenvalue weighted by Crippen LogP contribution is -2.21. The van der Waals surface area contributed by atoms with Crippen LogP contribution in [0.25, 0.3) is 22.3 Å². The van der Waals surface area contributed by atoms with Crippen LogP contribution >= 0.6 is 0 Å². The predicted molar refractivity (Wildman–Crippen MR) is 189 cm³/mol. The molecule has 9 heteroatoms. The van der Waals surface area contributed by atoms with Crippen LogP contribution in [0.4, 0.5) is 0 Å². The number of carboxylic acids is 1. The molecule has 9 nitrogen and oxygen atoms in total. The highest BCUT2D eigenvalue weighted by atomic mass is 16.5. The third-order valence-corrected chi connectivity index (χ3v) is 7.92. The van der Waals surface area contributed by atoms with Gasteiger partial charge in [0.25, 0.3) is 5.56 Å². The van der Waals surface area contributed by atoms with Crippen LogP contribution in [0.2, 0.25) is 0 Å². The number of rotatable bonds is 13. The summed E-state index contributed by atoms with van der Waals surface area (Å²) in [5.74, 6) is 1.44. The maximum Gasteiger partial charge on any atom is 0.335 e. The molecule has 1 heterocycles. The van der Waals surface area contributed by atoms with E-state index in [2.05, 4.69) is 20.4 Å². The van der Waals surface area contributed by atoms with Crippen molar-refractivity contribution in [2.45, 2.75) is 46.6 Å². The molecule has 0 radical (unpaired) electrons. The average Bonchev–Trinajstić information content (AvgIpc) is 3.07. The van der Waals surface area contributed by atoms with Crippen LogP contribution in [-0.2, 0) is 13.0 Å². The summed E-state index contributed by atoms with van der Waals surface area (Å²) in [5.41, 5.74) is 5.49. The number of benzene rings is 4. The number of aryl methyl sites for hydroxylation is 1. The Hall–Kier alpha value is -5.70. The highest BCUT2D eigenvalue weighted by molar-refractivity contribution is 5.87. The van der Waals surface area contributed by atoms with Crippen LogP contribution in [0, 0.1) is 6.92 Å². The highest BCUT2D eigenvalue weighted by Gasteiger charge is 2.19. The summed E-state index contributed by atoms with van der Waals surface area (Å²) < 4.78 is 19.2. The molecular formula is C39H39N3O6. The van der Waals surface area contributed by atoms with E-state index in [-0.39, 0.29) is 23.6 Å². The molecule has 4 aromatic carbocycles. The molecule has 1 N–H and O–H groups in total. The predicted octanol–water partition coefficient (Wildman–Crippen LogP) is 7.79. The first-order valence-corrected chi connectivity index (χ1v) is 15.8. The molecule has 246 valence electrons. The largest absolute Gasteiger partial charge is 0.494 e. The van der Waals surface area contributed by atoms with Crippen molar-refractivity contribution >= 4 is 23.1 Å². The smallest absolute Gasteiger partial charge is 0.335 e. The molecule has 1 aromatic heterocycles. The Morgan fingerprint density at radius 2 is 1.79 bits per heavy atom. The maximum atomic E-state index is 14.0. The Balaban J connectivity index is 1.59. The molecule has 48 heavy (non-hydrogen) atoms. The van der Waals surface area contributed by atoms with Gasteiger partial charge in [-0.3, -0.25) is 4.79 Å². The number of para-hydroxylation sites is 1. The minimum absolute atomic E-state index is 0.176. The van der Waals surface area contributed by atoms with Crippen molar-refractivity contribution in [2.24, 2.45) is 5.10 Å². The Morgan fingerprint density at radius 3 is 2.46 bits per heavy atom. The fraction of sp³-hybridized carbons (Fsp3) is 0.231. The Kier molecular flexibility index (Phi) is 10.4. The lowest BCUT2D eigenvalue weighted by molar-refractivity contribution is 0.0697. The van der Waals surface area contributed by atoms with Gasteiger partial charge in [-0.05, 0) is 97.0 Å². The molecule has 5 rings (SSSR count). The molecule has 0 unspecified atom stereocenters. The third-order valence-electron chi connectivity index (χ3n) is 7.92. The SMILES string of the molecule is C=CCc1cc(C=Nn2c(-c3cc(C(C)C)c(OCC)cc3C)nc3ccccc3c2=O)cc(OC)c1OCc1ccc(C(=O)O)cc1. The number of carboxylic acid groups (broad SMARTS) is 1. The van der Waals surface area contributed by atoms with Crippen LogP contribution in [0.1, 0.15) is 64.9 Å². The van der Waals surface area contributed by atoms with Crippen molar-refractivity contribution in [3.05, 3.63) is 129 Å². The fourth-order valence-corrected chi connectivity index (χ4v) is 5.48. The third kappa shape index (κ3) is 7.15. The van der Waals surface area contributed by atoms with Crippen LogP contribution < -0.4 is 19.8 Å². The second-order valence-corrected chi connectivity index (χ2v) is 11.6. The molecule has 5 aromatic rings. The number of hydrogen-bond acceptors (Lipinski definition) is 7. The number of hydrogen-bond donors (Lipinski definition) is 1. The van der Waals surface area contributed by atoms with Gasteiger partial charge in [0.1, 0.15) is 12.4 Å². The van der Waals surface area contributed by atoms with Crippen molar-refractivity contribution < 1.29 is 24.1 Å². The summed E-state index contributed by atoms with van der Waals surface area (Å²) in [6.07, 6.45) is 3.86. The van der Waals surface area contributed by atoms with E-state index in [9.17, 15) is 14.7 Å². The van der Waals surface area contributed by atoms with E-state index in [1.165, 1.54) is 4.68 Å². The van der Waals surface area contributed by atoms with E-state index in [0.29, 0.717) is 46.8 Å². The van der Waals surface area contributed by atoms with Gasteiger partial charge in [0.2, 0.25) is 0 Å². The summed E-state index contributed by atoms with van der Waals surface area (Å²) in [4.78, 5) is 30.1. The Labute approximate surface area is 279 Å². The Morgan fingerprint density at radius 1 is 1.04 bits per heavy atom. The molecule has 0 saturated carbocycles. The summed E-state index contributed by atoms with van der Waals surface area (Å²) in [6, 6.07) is 21.5. The van der Waals surface area contributed by atoms with E-state index in [1.807, 2.05) is 50.2 Å². The van der Waals surface area contributed by atoms with Gasteiger partial charge >= 0.3 is 5.97 Å². The van der Waals surface area contributed by atoms with Gasteiger partial charge in [0.05, 0.1) is 36.4 Å². The number of fused-ring (bicyclic) bond motifs is 1. The summed E-state index contributed by atoms with van der Waals surface area (Å²) in [7, 11) is 1.55. The zero-order chi connectivity index (χ0) is 34.4. The molecule has 0 amide bonds. The summed E-state index contributed by atoms with van der Waals surface area (Å²) >= 11 is 0. The zero-order valence-corrected chi connectivity index (χ0v) is 27.8. The monoisotopic (exact) mass is 645 g/mol. The normalized spacial score (nSPS) is 11.3. The van der Waals surface area contributed by atoms with Crippen LogP contribution in [-0.4, -0.2) is 40.7 Å². The van der Waals surface area contributed by atoms with Crippen LogP contribution in [0.15, 0.2) is 95.3 Å². The van der Waals surface area contributed by atoms with Gasteiger partial charge in [-0.15, -0.1) is 6.58 Å². The quantitative estimate of drug-likeness (QED) is 0.103. The molecule has 0 aliphatic rings. The molecule has 0 bridgehead atoms. The first-order chi connectivity index (χ1) is 23.1. The van der Waals surface area contributed by atoms with Gasteiger partial charge < -0.3 is 19.3 Å². The number of allylic oxidation sites excluding steroid dienone is 1. The van der Waals surface area contributed by atoms with Crippen molar-refractivity contribution in [1.29, 1.82) is 0 Å². The highest BCUT2D eigenvalue weighted by Crippen LogP contribution is 2.36. The Bertz CT molecular complexity index is 2060. The lowest BCUT2D eigenvalue weighted by Gasteiger charge is -2.18. The molecular weight excluding hydrogens is 606 g/mol. The van der Waals surface area contributed by atoms with E-state index >= 15 is 0 Å². The van der Waals surface area contributed by atoms with Crippen molar-refractivity contribution in [3.8, 4) is 28.6 Å². The molecule has 0 saturated heterocycles. The second-order valence-electron chi connectivity index (χ2n) is 11.6. The minimum Gasteiger partial charge on any atom is -0.494 e.